The Morgan fingerprint density at radius 1 is 1.05 bits per heavy atom. The lowest BCUT2D eigenvalue weighted by Gasteiger charge is -2.27. The van der Waals surface area contributed by atoms with Gasteiger partial charge in [0.05, 0.1) is 23.0 Å². The van der Waals surface area contributed by atoms with Crippen molar-refractivity contribution in [1.29, 1.82) is 0 Å². The molecule has 0 radical (unpaired) electrons. The Kier molecular flexibility index (Phi) is 6.98. The van der Waals surface area contributed by atoms with Gasteiger partial charge in [0.1, 0.15) is 11.0 Å². The summed E-state index contributed by atoms with van der Waals surface area (Å²) >= 11 is 1.68. The number of carbonyl (C=O) groups is 2. The monoisotopic (exact) mass is 532 g/mol. The lowest BCUT2D eigenvalue weighted by molar-refractivity contribution is -0.137. The van der Waals surface area contributed by atoms with Crippen LogP contribution in [-0.4, -0.2) is 30.0 Å². The van der Waals surface area contributed by atoms with Crippen molar-refractivity contribution in [2.45, 2.75) is 46.3 Å². The molecule has 4 heterocycles. The summed E-state index contributed by atoms with van der Waals surface area (Å²) in [4.78, 5) is 43.6. The number of anilines is 2. The molecule has 5 rings (SSSR count). The second-order valence-electron chi connectivity index (χ2n) is 10.1. The number of fused-ring (bicyclic) bond motifs is 2. The predicted molar refractivity (Wildman–Crippen MR) is 151 cm³/mol. The molecule has 0 bridgehead atoms. The van der Waals surface area contributed by atoms with E-state index in [0.717, 1.165) is 23.4 Å². The van der Waals surface area contributed by atoms with Crippen molar-refractivity contribution in [3.8, 4) is 0 Å². The zero-order valence-electron chi connectivity index (χ0n) is 22.1. The van der Waals surface area contributed by atoms with Crippen molar-refractivity contribution in [3.05, 3.63) is 81.1 Å². The minimum absolute atomic E-state index is 0.0350. The number of rotatable bonds is 8. The first-order chi connectivity index (χ1) is 18.2. The number of pyridine rings is 1. The van der Waals surface area contributed by atoms with Gasteiger partial charge in [0.2, 0.25) is 11.8 Å². The quantitative estimate of drug-likeness (QED) is 0.325. The molecule has 1 aromatic carbocycles. The van der Waals surface area contributed by atoms with Gasteiger partial charge >= 0.3 is 0 Å². The summed E-state index contributed by atoms with van der Waals surface area (Å²) in [5.74, 6) is -0.413. The average Bonchev–Trinajstić information content (AvgIpc) is 3.61. The number of nitrogens with zero attached hydrogens (tertiary/aromatic N) is 3. The van der Waals surface area contributed by atoms with Gasteiger partial charge in [0.25, 0.3) is 5.56 Å². The van der Waals surface area contributed by atoms with Crippen LogP contribution in [0.1, 0.15) is 43.7 Å². The van der Waals surface area contributed by atoms with Crippen LogP contribution >= 0.6 is 11.3 Å². The van der Waals surface area contributed by atoms with Crippen LogP contribution in [0.2, 0.25) is 0 Å². The zero-order valence-corrected chi connectivity index (χ0v) is 22.9. The van der Waals surface area contributed by atoms with E-state index >= 15 is 0 Å². The maximum absolute atomic E-state index is 13.2. The first-order valence-corrected chi connectivity index (χ1v) is 13.7. The van der Waals surface area contributed by atoms with Crippen molar-refractivity contribution in [2.75, 3.05) is 23.4 Å². The van der Waals surface area contributed by atoms with Gasteiger partial charge in [-0.05, 0) is 68.5 Å². The van der Waals surface area contributed by atoms with Crippen LogP contribution in [0.25, 0.3) is 11.0 Å². The highest BCUT2D eigenvalue weighted by Crippen LogP contribution is 2.39. The van der Waals surface area contributed by atoms with E-state index < -0.39 is 5.41 Å². The second kappa shape index (κ2) is 10.2. The number of aromatic nitrogens is 1. The van der Waals surface area contributed by atoms with Crippen LogP contribution in [0.3, 0.4) is 0 Å². The molecule has 0 saturated carbocycles. The van der Waals surface area contributed by atoms with E-state index in [0.29, 0.717) is 30.6 Å². The molecule has 198 valence electrons. The van der Waals surface area contributed by atoms with Crippen molar-refractivity contribution in [2.24, 2.45) is 5.41 Å². The largest absolute Gasteiger partial charge is 0.464 e. The smallest absolute Gasteiger partial charge is 0.261 e. The molecule has 0 spiro atoms. The first-order valence-electron chi connectivity index (χ1n) is 12.8. The van der Waals surface area contributed by atoms with Crippen LogP contribution in [0.5, 0.6) is 0 Å². The first kappa shape index (κ1) is 25.9. The van der Waals surface area contributed by atoms with Crippen molar-refractivity contribution >= 4 is 45.5 Å². The van der Waals surface area contributed by atoms with Gasteiger partial charge in [-0.25, -0.2) is 0 Å². The van der Waals surface area contributed by atoms with Gasteiger partial charge in [-0.15, -0.1) is 11.3 Å². The number of hydrogen-bond acceptors (Lipinski definition) is 6. The molecule has 1 unspecified atom stereocenters. The molecular weight excluding hydrogens is 500 g/mol. The molecule has 4 aromatic rings. The number of amides is 2. The van der Waals surface area contributed by atoms with E-state index in [2.05, 4.69) is 16.8 Å². The lowest BCUT2D eigenvalue weighted by atomic mass is 9.90. The molecule has 1 atom stereocenters. The number of aryl methyl sites for hydroxylation is 1. The van der Waals surface area contributed by atoms with E-state index in [1.54, 1.807) is 58.9 Å². The SMILES string of the molecule is CCN1C(=O)C(C)(C)C(=O)N(C)c2cc(CNC(CCn3ccc4occc4c3=O)c3cccs3)ccc21. The van der Waals surface area contributed by atoms with E-state index in [9.17, 15) is 14.4 Å². The molecule has 1 N–H and O–H groups in total. The molecule has 8 nitrogen and oxygen atoms in total. The molecule has 3 aromatic heterocycles. The molecule has 38 heavy (non-hydrogen) atoms. The van der Waals surface area contributed by atoms with Crippen LogP contribution in [0.4, 0.5) is 11.4 Å². The van der Waals surface area contributed by atoms with Crippen molar-refractivity contribution in [3.63, 3.8) is 0 Å². The minimum Gasteiger partial charge on any atom is -0.464 e. The highest BCUT2D eigenvalue weighted by Gasteiger charge is 2.45. The van der Waals surface area contributed by atoms with E-state index in [1.807, 2.05) is 37.3 Å². The number of furan rings is 1. The molecule has 0 aliphatic carbocycles. The highest BCUT2D eigenvalue weighted by molar-refractivity contribution is 7.10. The lowest BCUT2D eigenvalue weighted by Crippen LogP contribution is -2.47. The van der Waals surface area contributed by atoms with E-state index in [1.165, 1.54) is 11.1 Å². The Hall–Kier alpha value is -3.69. The summed E-state index contributed by atoms with van der Waals surface area (Å²) in [5, 5.41) is 6.28. The van der Waals surface area contributed by atoms with Crippen LogP contribution in [-0.2, 0) is 22.7 Å². The Balaban J connectivity index is 1.37. The molecule has 0 saturated heterocycles. The second-order valence-corrected chi connectivity index (χ2v) is 11.1. The fourth-order valence-corrected chi connectivity index (χ4v) is 5.92. The normalized spacial score (nSPS) is 16.1. The van der Waals surface area contributed by atoms with Crippen LogP contribution < -0.4 is 20.7 Å². The number of nitrogens with one attached hydrogen (secondary N) is 1. The Morgan fingerprint density at radius 2 is 1.87 bits per heavy atom. The summed E-state index contributed by atoms with van der Waals surface area (Å²) in [7, 11) is 1.73. The Morgan fingerprint density at radius 3 is 2.61 bits per heavy atom. The van der Waals surface area contributed by atoms with E-state index in [4.69, 9.17) is 4.42 Å². The zero-order chi connectivity index (χ0) is 27.0. The average molecular weight is 533 g/mol. The fraction of sp³-hybridized carbons (Fsp3) is 0.345. The molecular formula is C29H32N4O4S. The maximum atomic E-state index is 13.2. The van der Waals surface area contributed by atoms with Gasteiger partial charge in [-0.1, -0.05) is 12.1 Å². The summed E-state index contributed by atoms with van der Waals surface area (Å²) in [5.41, 5.74) is 1.87. The standard InChI is InChI=1S/C29H32N4O4S/c1-5-33-22-9-8-19(17-23(22)31(4)27(35)29(2,3)28(33)36)18-30-21(25-7-6-16-38-25)10-13-32-14-11-24-20(26(32)34)12-15-37-24/h6-9,11-12,14-17,21,30H,5,10,13,18H2,1-4H3. The molecule has 9 heteroatoms. The van der Waals surface area contributed by atoms with Gasteiger partial charge in [0.15, 0.2) is 0 Å². The van der Waals surface area contributed by atoms with Gasteiger partial charge in [0, 0.05) is 43.8 Å². The van der Waals surface area contributed by atoms with Crippen molar-refractivity contribution < 1.29 is 14.0 Å². The van der Waals surface area contributed by atoms with Crippen molar-refractivity contribution in [1.82, 2.24) is 9.88 Å². The molecule has 1 aliphatic rings. The number of hydrogen-bond donors (Lipinski definition) is 1. The minimum atomic E-state index is -1.13. The Labute approximate surface area is 225 Å². The van der Waals surface area contributed by atoms with Gasteiger partial charge in [-0.3, -0.25) is 14.4 Å². The summed E-state index contributed by atoms with van der Waals surface area (Å²) < 4.78 is 7.07. The maximum Gasteiger partial charge on any atom is 0.261 e. The third kappa shape index (κ3) is 4.56. The predicted octanol–water partition coefficient (Wildman–Crippen LogP) is 4.93. The molecule has 0 fully saturated rings. The third-order valence-electron chi connectivity index (χ3n) is 7.32. The number of thiophene rings is 1. The Bertz CT molecular complexity index is 1540. The highest BCUT2D eigenvalue weighted by atomic mass is 32.1. The summed E-state index contributed by atoms with van der Waals surface area (Å²) in [6.45, 7) is 6.90. The van der Waals surface area contributed by atoms with Crippen LogP contribution in [0.15, 0.2) is 69.5 Å². The van der Waals surface area contributed by atoms with Gasteiger partial charge < -0.3 is 24.1 Å². The van der Waals surface area contributed by atoms with Gasteiger partial charge in [-0.2, -0.15) is 0 Å². The fourth-order valence-electron chi connectivity index (χ4n) is 5.08. The van der Waals surface area contributed by atoms with Crippen LogP contribution in [0, 0.1) is 5.41 Å². The molecule has 2 amide bonds. The summed E-state index contributed by atoms with van der Waals surface area (Å²) in [6.07, 6.45) is 4.04. The molecule has 1 aliphatic heterocycles. The van der Waals surface area contributed by atoms with E-state index in [-0.39, 0.29) is 23.4 Å². The number of benzene rings is 1. The number of carbonyl (C=O) groups excluding carboxylic acids is 2. The third-order valence-corrected chi connectivity index (χ3v) is 8.30. The summed E-state index contributed by atoms with van der Waals surface area (Å²) in [6, 6.07) is 13.6. The topological polar surface area (TPSA) is 87.8 Å².